The van der Waals surface area contributed by atoms with Crippen molar-refractivity contribution in [3.8, 4) is 5.75 Å². The molecule has 0 aromatic heterocycles. The largest absolute Gasteiger partial charge is 0.573 e. The summed E-state index contributed by atoms with van der Waals surface area (Å²) in [5.41, 5.74) is 0.849. The standard InChI is InChI=1S/C14H18F3NO/c1-9(10(2)18-12-6-7-12)11-4-3-5-13(8-11)19-14(15,16)17/h3-5,8-10,12,18H,6-7H2,1-2H3. The van der Waals surface area contributed by atoms with Crippen molar-refractivity contribution < 1.29 is 17.9 Å². The third-order valence-electron chi connectivity index (χ3n) is 3.44. The first-order valence-corrected chi connectivity index (χ1v) is 6.47. The first-order valence-electron chi connectivity index (χ1n) is 6.47. The van der Waals surface area contributed by atoms with Gasteiger partial charge in [0.05, 0.1) is 0 Å². The quantitative estimate of drug-likeness (QED) is 0.880. The molecule has 2 unspecified atom stereocenters. The second kappa shape index (κ2) is 5.41. The predicted octanol–water partition coefficient (Wildman–Crippen LogP) is 3.83. The van der Waals surface area contributed by atoms with Crippen LogP contribution >= 0.6 is 0 Å². The van der Waals surface area contributed by atoms with E-state index in [4.69, 9.17) is 0 Å². The second-order valence-corrected chi connectivity index (χ2v) is 5.14. The summed E-state index contributed by atoms with van der Waals surface area (Å²) in [6.07, 6.45) is -2.26. The van der Waals surface area contributed by atoms with Crippen LogP contribution in [0.1, 0.15) is 38.2 Å². The number of alkyl halides is 3. The Labute approximate surface area is 111 Å². The number of halogens is 3. The minimum absolute atomic E-state index is 0.136. The Morgan fingerprint density at radius 3 is 2.53 bits per heavy atom. The zero-order valence-electron chi connectivity index (χ0n) is 11.0. The third-order valence-corrected chi connectivity index (χ3v) is 3.44. The van der Waals surface area contributed by atoms with E-state index >= 15 is 0 Å². The van der Waals surface area contributed by atoms with Crippen molar-refractivity contribution in [3.05, 3.63) is 29.8 Å². The van der Waals surface area contributed by atoms with E-state index in [-0.39, 0.29) is 17.7 Å². The average Bonchev–Trinajstić information content (AvgIpc) is 3.10. The van der Waals surface area contributed by atoms with Crippen LogP contribution in [0.5, 0.6) is 5.75 Å². The summed E-state index contributed by atoms with van der Waals surface area (Å²) in [7, 11) is 0. The maximum absolute atomic E-state index is 12.2. The molecule has 19 heavy (non-hydrogen) atoms. The SMILES string of the molecule is CC(NC1CC1)C(C)c1cccc(OC(F)(F)F)c1. The number of hydrogen-bond acceptors (Lipinski definition) is 2. The molecule has 1 aromatic carbocycles. The Morgan fingerprint density at radius 2 is 1.95 bits per heavy atom. The Hall–Kier alpha value is -1.23. The molecule has 2 atom stereocenters. The number of benzene rings is 1. The molecule has 0 bridgehead atoms. The Morgan fingerprint density at radius 1 is 1.26 bits per heavy atom. The van der Waals surface area contributed by atoms with Gasteiger partial charge in [0.15, 0.2) is 0 Å². The minimum atomic E-state index is -4.64. The molecule has 0 aliphatic heterocycles. The molecule has 2 rings (SSSR count). The molecular weight excluding hydrogens is 255 g/mol. The maximum Gasteiger partial charge on any atom is 0.573 e. The van der Waals surface area contributed by atoms with Gasteiger partial charge < -0.3 is 10.1 Å². The fraction of sp³-hybridized carbons (Fsp3) is 0.571. The highest BCUT2D eigenvalue weighted by Gasteiger charge is 2.31. The molecule has 0 heterocycles. The summed E-state index contributed by atoms with van der Waals surface area (Å²) >= 11 is 0. The Kier molecular flexibility index (Phi) is 4.04. The van der Waals surface area contributed by atoms with E-state index in [0.29, 0.717) is 6.04 Å². The van der Waals surface area contributed by atoms with Gasteiger partial charge in [0.25, 0.3) is 0 Å². The van der Waals surface area contributed by atoms with Gasteiger partial charge in [0.1, 0.15) is 5.75 Å². The molecule has 5 heteroatoms. The van der Waals surface area contributed by atoms with E-state index in [1.165, 1.54) is 25.0 Å². The molecule has 1 fully saturated rings. The number of ether oxygens (including phenoxy) is 1. The molecular formula is C14H18F3NO. The summed E-state index contributed by atoms with van der Waals surface area (Å²) in [5.74, 6) is -0.0205. The highest BCUT2D eigenvalue weighted by molar-refractivity contribution is 5.31. The highest BCUT2D eigenvalue weighted by atomic mass is 19.4. The number of rotatable bonds is 5. The molecule has 1 aliphatic carbocycles. The van der Waals surface area contributed by atoms with Crippen molar-refractivity contribution >= 4 is 0 Å². The summed E-state index contributed by atoms with van der Waals surface area (Å²) in [6.45, 7) is 4.06. The zero-order chi connectivity index (χ0) is 14.0. The van der Waals surface area contributed by atoms with Crippen molar-refractivity contribution in [1.82, 2.24) is 5.32 Å². The Balaban J connectivity index is 2.04. The van der Waals surface area contributed by atoms with Crippen LogP contribution < -0.4 is 10.1 Å². The van der Waals surface area contributed by atoms with Gasteiger partial charge in [0.2, 0.25) is 0 Å². The van der Waals surface area contributed by atoms with Crippen LogP contribution in [0, 0.1) is 0 Å². The molecule has 0 amide bonds. The van der Waals surface area contributed by atoms with Gasteiger partial charge in [0, 0.05) is 12.1 Å². The van der Waals surface area contributed by atoms with E-state index in [1.54, 1.807) is 6.07 Å². The highest BCUT2D eigenvalue weighted by Crippen LogP contribution is 2.29. The van der Waals surface area contributed by atoms with E-state index < -0.39 is 6.36 Å². The van der Waals surface area contributed by atoms with Crippen molar-refractivity contribution in [2.24, 2.45) is 0 Å². The molecule has 0 spiro atoms. The normalized spacial score (nSPS) is 19.0. The van der Waals surface area contributed by atoms with Gasteiger partial charge in [-0.05, 0) is 43.4 Å². The first-order chi connectivity index (χ1) is 8.85. The van der Waals surface area contributed by atoms with Crippen LogP contribution in [0.25, 0.3) is 0 Å². The molecule has 106 valence electrons. The number of nitrogens with one attached hydrogen (secondary N) is 1. The monoisotopic (exact) mass is 273 g/mol. The van der Waals surface area contributed by atoms with Crippen molar-refractivity contribution in [3.63, 3.8) is 0 Å². The second-order valence-electron chi connectivity index (χ2n) is 5.14. The van der Waals surface area contributed by atoms with Gasteiger partial charge in [-0.1, -0.05) is 19.1 Å². The van der Waals surface area contributed by atoms with Gasteiger partial charge in [-0.2, -0.15) is 0 Å². The molecule has 1 aromatic rings. The lowest BCUT2D eigenvalue weighted by Gasteiger charge is -2.22. The van der Waals surface area contributed by atoms with Gasteiger partial charge in [-0.3, -0.25) is 0 Å². The summed E-state index contributed by atoms with van der Waals surface area (Å²) in [5, 5.41) is 3.46. The fourth-order valence-corrected chi connectivity index (χ4v) is 2.05. The summed E-state index contributed by atoms with van der Waals surface area (Å²) in [4.78, 5) is 0. The van der Waals surface area contributed by atoms with Crippen LogP contribution in [0.4, 0.5) is 13.2 Å². The fourth-order valence-electron chi connectivity index (χ4n) is 2.05. The van der Waals surface area contributed by atoms with Crippen molar-refractivity contribution in [2.45, 2.75) is 51.1 Å². The molecule has 0 saturated heterocycles. The van der Waals surface area contributed by atoms with Crippen LogP contribution in [0.2, 0.25) is 0 Å². The van der Waals surface area contributed by atoms with E-state index in [2.05, 4.69) is 17.0 Å². The van der Waals surface area contributed by atoms with Gasteiger partial charge in [-0.25, -0.2) is 0 Å². The molecule has 1 N–H and O–H groups in total. The van der Waals surface area contributed by atoms with Crippen molar-refractivity contribution in [2.75, 3.05) is 0 Å². The lowest BCUT2D eigenvalue weighted by atomic mass is 9.94. The average molecular weight is 273 g/mol. The van der Waals surface area contributed by atoms with Crippen LogP contribution in [-0.2, 0) is 0 Å². The molecule has 2 nitrogen and oxygen atoms in total. The van der Waals surface area contributed by atoms with Gasteiger partial charge >= 0.3 is 6.36 Å². The number of hydrogen-bond donors (Lipinski definition) is 1. The Bertz CT molecular complexity index is 429. The molecule has 1 aliphatic rings. The smallest absolute Gasteiger partial charge is 0.406 e. The lowest BCUT2D eigenvalue weighted by Crippen LogP contribution is -2.32. The van der Waals surface area contributed by atoms with Crippen molar-refractivity contribution in [1.29, 1.82) is 0 Å². The third kappa shape index (κ3) is 4.42. The maximum atomic E-state index is 12.2. The zero-order valence-corrected chi connectivity index (χ0v) is 11.0. The minimum Gasteiger partial charge on any atom is -0.406 e. The van der Waals surface area contributed by atoms with E-state index in [9.17, 15) is 13.2 Å². The predicted molar refractivity (Wildman–Crippen MR) is 67.2 cm³/mol. The molecule has 1 saturated carbocycles. The topological polar surface area (TPSA) is 21.3 Å². The summed E-state index contributed by atoms with van der Waals surface area (Å²) < 4.78 is 40.5. The molecule has 0 radical (unpaired) electrons. The van der Waals surface area contributed by atoms with Crippen LogP contribution in [0.15, 0.2) is 24.3 Å². The van der Waals surface area contributed by atoms with Crippen LogP contribution in [0.3, 0.4) is 0 Å². The van der Waals surface area contributed by atoms with E-state index in [0.717, 1.165) is 5.56 Å². The van der Waals surface area contributed by atoms with E-state index in [1.807, 2.05) is 13.0 Å². The van der Waals surface area contributed by atoms with Gasteiger partial charge in [-0.15, -0.1) is 13.2 Å². The lowest BCUT2D eigenvalue weighted by molar-refractivity contribution is -0.274. The van der Waals surface area contributed by atoms with Crippen LogP contribution in [-0.4, -0.2) is 18.4 Å². The first kappa shape index (κ1) is 14.2. The summed E-state index contributed by atoms with van der Waals surface area (Å²) in [6, 6.07) is 7.02.